The maximum Gasteiger partial charge on any atom is 1.00 e. The van der Waals surface area contributed by atoms with Crippen LogP contribution in [-0.4, -0.2) is 0 Å². The first-order valence-corrected chi connectivity index (χ1v) is 2.63. The first-order chi connectivity index (χ1) is 3.15. The molecule has 0 amide bonds. The molecule has 0 fully saturated rings. The largest absolute Gasteiger partial charge is 1.00 e. The van der Waals surface area contributed by atoms with Crippen molar-refractivity contribution in [2.45, 2.75) is 6.92 Å². The van der Waals surface area contributed by atoms with Crippen LogP contribution in [0.1, 0.15) is 6.92 Å². The Hall–Kier alpha value is 1.71. The number of rotatable bonds is 0. The zero-order valence-electron chi connectivity index (χ0n) is 5.80. The van der Waals surface area contributed by atoms with Crippen LogP contribution in [0, 0.1) is 12.3 Å². The molecule has 3 nitrogen and oxygen atoms in total. The summed E-state index contributed by atoms with van der Waals surface area (Å²) in [7, 11) is -3.63. The summed E-state index contributed by atoms with van der Waals surface area (Å²) in [4.78, 5) is 17.0. The minimum Gasteiger partial charge on any atom is -0.813 e. The first kappa shape index (κ1) is 22.4. The van der Waals surface area contributed by atoms with Crippen molar-refractivity contribution in [3.8, 4) is 12.3 Å². The van der Waals surface area contributed by atoms with Crippen molar-refractivity contribution in [3.63, 3.8) is 0 Å². The van der Waals surface area contributed by atoms with Gasteiger partial charge in [-0.15, -0.1) is 12.3 Å². The molecule has 0 radical (unpaired) electrons. The summed E-state index contributed by atoms with van der Waals surface area (Å²) in [6.07, 6.45) is 4.60. The van der Waals surface area contributed by atoms with Gasteiger partial charge >= 0.3 is 59.1 Å². The van der Waals surface area contributed by atoms with Gasteiger partial charge in [-0.3, -0.25) is 0 Å². The van der Waals surface area contributed by atoms with E-state index in [9.17, 15) is 0 Å². The van der Waals surface area contributed by atoms with E-state index in [2.05, 4.69) is 12.3 Å². The van der Waals surface area contributed by atoms with E-state index in [1.54, 1.807) is 6.92 Å². The molecule has 0 rings (SSSR count). The summed E-state index contributed by atoms with van der Waals surface area (Å²) in [5, 5.41) is 0. The molecule has 0 aromatic rings. The summed E-state index contributed by atoms with van der Waals surface area (Å²) in [6.45, 7) is 1.65. The molecule has 0 heterocycles. The first-order valence-electron chi connectivity index (χ1n) is 1.40. The van der Waals surface area contributed by atoms with Crippen molar-refractivity contribution in [3.05, 3.63) is 0 Å². The minimum atomic E-state index is -3.63. The van der Waals surface area contributed by atoms with Gasteiger partial charge in [-0.1, -0.05) is 8.25 Å². The van der Waals surface area contributed by atoms with Gasteiger partial charge in [-0.2, -0.15) is 0 Å². The normalized spacial score (nSPS) is 4.78. The van der Waals surface area contributed by atoms with Crippen LogP contribution in [0.4, 0.5) is 0 Å². The molecule has 0 unspecified atom stereocenters. The molecule has 0 aliphatic carbocycles. The maximum absolute atomic E-state index is 8.52. The Morgan fingerprint density at radius 3 is 1.44 bits per heavy atom. The molecule has 0 saturated heterocycles. The van der Waals surface area contributed by atoms with Gasteiger partial charge in [0.05, 0.1) is 0 Å². The Labute approximate surface area is 99.8 Å². The fourth-order valence-electron chi connectivity index (χ4n) is 0. The molecule has 0 saturated carbocycles. The topological polar surface area (TPSA) is 63.2 Å². The van der Waals surface area contributed by atoms with Crippen molar-refractivity contribution in [2.24, 2.45) is 0 Å². The van der Waals surface area contributed by atoms with E-state index in [4.69, 9.17) is 14.4 Å². The molecule has 0 bridgehead atoms. The SMILES string of the molecule is C#CC.O=[PH]([O-])[O-].[Na+].[Na+]. The van der Waals surface area contributed by atoms with Gasteiger partial charge in [0.15, 0.2) is 0 Å². The molecule has 6 heteroatoms. The minimum absolute atomic E-state index is 0. The van der Waals surface area contributed by atoms with Crippen molar-refractivity contribution in [2.75, 3.05) is 0 Å². The second-order valence-electron chi connectivity index (χ2n) is 0.539. The molecular formula is C3H5Na2O3P. The fraction of sp³-hybridized carbons (Fsp3) is 0.333. The van der Waals surface area contributed by atoms with Crippen molar-refractivity contribution >= 4 is 8.25 Å². The van der Waals surface area contributed by atoms with Crippen molar-refractivity contribution in [1.29, 1.82) is 0 Å². The van der Waals surface area contributed by atoms with Gasteiger partial charge in [-0.05, 0) is 6.92 Å². The van der Waals surface area contributed by atoms with Gasteiger partial charge in [-0.25, -0.2) is 0 Å². The zero-order chi connectivity index (χ0) is 6.28. The van der Waals surface area contributed by atoms with Crippen LogP contribution in [0.25, 0.3) is 0 Å². The third kappa shape index (κ3) is 197. The Bertz CT molecular complexity index is 85.5. The Balaban J connectivity index is -0.0000000233. The Kier molecular flexibility index (Phi) is 56.3. The molecule has 42 valence electrons. The summed E-state index contributed by atoms with van der Waals surface area (Å²) in [5.74, 6) is 2.25. The molecule has 0 aromatic heterocycles. The van der Waals surface area contributed by atoms with Crippen LogP contribution in [-0.2, 0) is 4.57 Å². The monoisotopic (exact) mass is 166 g/mol. The van der Waals surface area contributed by atoms with Gasteiger partial charge in [0.25, 0.3) is 0 Å². The van der Waals surface area contributed by atoms with Crippen LogP contribution < -0.4 is 68.9 Å². The van der Waals surface area contributed by atoms with Crippen molar-refractivity contribution in [1.82, 2.24) is 0 Å². The van der Waals surface area contributed by atoms with E-state index >= 15 is 0 Å². The smallest absolute Gasteiger partial charge is 0.813 e. The molecule has 0 atom stereocenters. The summed E-state index contributed by atoms with van der Waals surface area (Å²) >= 11 is 0. The average molecular weight is 166 g/mol. The van der Waals surface area contributed by atoms with E-state index in [1.807, 2.05) is 0 Å². The third-order valence-corrected chi connectivity index (χ3v) is 0. The van der Waals surface area contributed by atoms with Crippen LogP contribution in [0.3, 0.4) is 0 Å². The fourth-order valence-corrected chi connectivity index (χ4v) is 0. The van der Waals surface area contributed by atoms with Gasteiger partial charge < -0.3 is 14.4 Å². The number of hydrogen-bond acceptors (Lipinski definition) is 3. The summed E-state index contributed by atoms with van der Waals surface area (Å²) < 4.78 is 8.52. The van der Waals surface area contributed by atoms with E-state index in [-0.39, 0.29) is 59.1 Å². The summed E-state index contributed by atoms with van der Waals surface area (Å²) in [6, 6.07) is 0. The number of terminal acetylenes is 1. The second-order valence-corrected chi connectivity index (χ2v) is 1.04. The molecule has 0 aromatic carbocycles. The summed E-state index contributed by atoms with van der Waals surface area (Å²) in [5.41, 5.74) is 0. The average Bonchev–Trinajstić information content (AvgIpc) is 1.33. The van der Waals surface area contributed by atoms with E-state index in [0.29, 0.717) is 0 Å². The Morgan fingerprint density at radius 1 is 1.44 bits per heavy atom. The van der Waals surface area contributed by atoms with E-state index < -0.39 is 8.25 Å². The van der Waals surface area contributed by atoms with E-state index in [1.165, 1.54) is 0 Å². The van der Waals surface area contributed by atoms with Gasteiger partial charge in [0, 0.05) is 0 Å². The van der Waals surface area contributed by atoms with Crippen LogP contribution in [0.15, 0.2) is 0 Å². The molecule has 9 heavy (non-hydrogen) atoms. The van der Waals surface area contributed by atoms with Gasteiger partial charge in [0.1, 0.15) is 0 Å². The third-order valence-electron chi connectivity index (χ3n) is 0. The van der Waals surface area contributed by atoms with Gasteiger partial charge in [0.2, 0.25) is 0 Å². The molecular weight excluding hydrogens is 161 g/mol. The second kappa shape index (κ2) is 22.6. The van der Waals surface area contributed by atoms with Crippen LogP contribution in [0.2, 0.25) is 0 Å². The Morgan fingerprint density at radius 2 is 1.44 bits per heavy atom. The van der Waals surface area contributed by atoms with Crippen LogP contribution in [0.5, 0.6) is 0 Å². The number of hydrogen-bond donors (Lipinski definition) is 0. The molecule has 0 aliphatic rings. The van der Waals surface area contributed by atoms with Crippen LogP contribution >= 0.6 is 8.25 Å². The van der Waals surface area contributed by atoms with Crippen molar-refractivity contribution < 1.29 is 73.5 Å². The molecule has 0 N–H and O–H groups in total. The molecule has 0 aliphatic heterocycles. The molecule has 0 spiro atoms. The standard InChI is InChI=1S/C3H4.2Na.H3O3P/c1-3-2;;;1-4(2)3/h1H,2H3;;;4H,(H2,1,2,3)/q;2*+1;/p-2. The predicted octanol–water partition coefficient (Wildman–Crippen LogP) is -7.26. The van der Waals surface area contributed by atoms with E-state index in [0.717, 1.165) is 0 Å². The zero-order valence-corrected chi connectivity index (χ0v) is 10.8. The predicted molar refractivity (Wildman–Crippen MR) is 23.5 cm³/mol. The quantitative estimate of drug-likeness (QED) is 0.204. The maximum atomic E-state index is 8.52.